The van der Waals surface area contributed by atoms with Crippen LogP contribution in [0.5, 0.6) is 5.75 Å². The number of carbonyl (C=O) groups is 1. The highest BCUT2D eigenvalue weighted by Gasteiger charge is 2.34. The average molecular weight is 341 g/mol. The summed E-state index contributed by atoms with van der Waals surface area (Å²) in [6, 6.07) is 5.93. The summed E-state index contributed by atoms with van der Waals surface area (Å²) < 4.78 is 9.68. The van der Waals surface area contributed by atoms with Crippen molar-refractivity contribution in [2.75, 3.05) is 12.9 Å². The standard InChI is InChI=1S/C18H19N3O2S/c1-11-19-7-8-21(11)9-12-10-24-18-16(17(12)22)15-13(20(18)2)5-4-6-14(15)23-3/h4-8,12H,9-10H2,1-3H3. The number of ether oxygens (including phenoxy) is 1. The van der Waals surface area contributed by atoms with Crippen molar-refractivity contribution in [2.24, 2.45) is 13.0 Å². The molecule has 2 aromatic heterocycles. The molecular weight excluding hydrogens is 322 g/mol. The van der Waals surface area contributed by atoms with Gasteiger partial charge in [-0.25, -0.2) is 4.98 Å². The summed E-state index contributed by atoms with van der Waals surface area (Å²) in [6.07, 6.45) is 3.72. The Hall–Kier alpha value is -2.21. The zero-order chi connectivity index (χ0) is 16.8. The molecule has 5 nitrogen and oxygen atoms in total. The van der Waals surface area contributed by atoms with Crippen molar-refractivity contribution in [3.63, 3.8) is 0 Å². The van der Waals surface area contributed by atoms with Crippen LogP contribution in [0.4, 0.5) is 0 Å². The lowest BCUT2D eigenvalue weighted by atomic mass is 9.97. The van der Waals surface area contributed by atoms with E-state index in [1.54, 1.807) is 25.1 Å². The number of nitrogens with zero attached hydrogens (tertiary/aromatic N) is 3. The largest absolute Gasteiger partial charge is 0.496 e. The number of aryl methyl sites for hydroxylation is 2. The number of methoxy groups -OCH3 is 1. The highest BCUT2D eigenvalue weighted by atomic mass is 32.2. The first-order valence-electron chi connectivity index (χ1n) is 7.92. The number of imidazole rings is 1. The van der Waals surface area contributed by atoms with Gasteiger partial charge in [-0.05, 0) is 19.1 Å². The second kappa shape index (κ2) is 5.70. The molecular formula is C18H19N3O2S. The molecule has 4 rings (SSSR count). The zero-order valence-corrected chi connectivity index (χ0v) is 14.8. The molecule has 0 saturated carbocycles. The minimum atomic E-state index is -0.0501. The Labute approximate surface area is 144 Å². The van der Waals surface area contributed by atoms with Crippen molar-refractivity contribution in [3.8, 4) is 5.75 Å². The molecule has 0 saturated heterocycles. The maximum atomic E-state index is 13.2. The normalized spacial score (nSPS) is 17.3. The Balaban J connectivity index is 1.82. The summed E-state index contributed by atoms with van der Waals surface area (Å²) in [5, 5.41) is 1.97. The number of rotatable bonds is 3. The molecule has 3 heterocycles. The highest BCUT2D eigenvalue weighted by molar-refractivity contribution is 7.99. The fourth-order valence-electron chi connectivity index (χ4n) is 3.43. The van der Waals surface area contributed by atoms with Gasteiger partial charge in [-0.2, -0.15) is 0 Å². The van der Waals surface area contributed by atoms with Crippen LogP contribution in [0.3, 0.4) is 0 Å². The molecule has 6 heteroatoms. The van der Waals surface area contributed by atoms with Crippen LogP contribution in [0.15, 0.2) is 35.6 Å². The van der Waals surface area contributed by atoms with E-state index in [0.29, 0.717) is 6.54 Å². The van der Waals surface area contributed by atoms with Crippen LogP contribution in [0.2, 0.25) is 0 Å². The Kier molecular flexibility index (Phi) is 3.64. The summed E-state index contributed by atoms with van der Waals surface area (Å²) in [4.78, 5) is 17.5. The van der Waals surface area contributed by atoms with E-state index in [0.717, 1.165) is 38.8 Å². The van der Waals surface area contributed by atoms with Gasteiger partial charge in [0.25, 0.3) is 0 Å². The molecule has 0 spiro atoms. The topological polar surface area (TPSA) is 49.0 Å². The van der Waals surface area contributed by atoms with Gasteiger partial charge < -0.3 is 13.9 Å². The molecule has 1 aliphatic heterocycles. The molecule has 0 N–H and O–H groups in total. The number of benzene rings is 1. The highest BCUT2D eigenvalue weighted by Crippen LogP contribution is 2.42. The second-order valence-electron chi connectivity index (χ2n) is 6.09. The summed E-state index contributed by atoms with van der Waals surface area (Å²) >= 11 is 1.75. The SMILES string of the molecule is COc1cccc2c1c1c(n2C)SCC(Cn2ccnc2C)C1=O. The molecule has 0 aliphatic carbocycles. The smallest absolute Gasteiger partial charge is 0.172 e. The van der Waals surface area contributed by atoms with Gasteiger partial charge in [0.1, 0.15) is 11.6 Å². The van der Waals surface area contributed by atoms with E-state index < -0.39 is 0 Å². The fourth-order valence-corrected chi connectivity index (χ4v) is 4.69. The third kappa shape index (κ3) is 2.17. The first-order valence-corrected chi connectivity index (χ1v) is 8.90. The van der Waals surface area contributed by atoms with Crippen molar-refractivity contribution in [1.82, 2.24) is 14.1 Å². The van der Waals surface area contributed by atoms with Gasteiger partial charge >= 0.3 is 0 Å². The van der Waals surface area contributed by atoms with Crippen molar-refractivity contribution < 1.29 is 9.53 Å². The quantitative estimate of drug-likeness (QED) is 0.733. The van der Waals surface area contributed by atoms with Gasteiger partial charge in [-0.1, -0.05) is 6.07 Å². The summed E-state index contributed by atoms with van der Waals surface area (Å²) in [5.74, 6) is 2.64. The number of carbonyl (C=O) groups excluding carboxylic acids is 1. The number of thioether (sulfide) groups is 1. The molecule has 1 unspecified atom stereocenters. The lowest BCUT2D eigenvalue weighted by Gasteiger charge is -2.22. The minimum absolute atomic E-state index is 0.0501. The van der Waals surface area contributed by atoms with E-state index in [9.17, 15) is 4.79 Å². The van der Waals surface area contributed by atoms with E-state index >= 15 is 0 Å². The van der Waals surface area contributed by atoms with Crippen LogP contribution in [0, 0.1) is 12.8 Å². The molecule has 1 aromatic carbocycles. The molecule has 0 bridgehead atoms. The first-order chi connectivity index (χ1) is 11.6. The molecule has 0 radical (unpaired) electrons. The molecule has 1 atom stereocenters. The lowest BCUT2D eigenvalue weighted by Crippen LogP contribution is -2.27. The number of hydrogen-bond acceptors (Lipinski definition) is 4. The van der Waals surface area contributed by atoms with Crippen molar-refractivity contribution in [2.45, 2.75) is 18.5 Å². The van der Waals surface area contributed by atoms with Crippen LogP contribution < -0.4 is 4.74 Å². The van der Waals surface area contributed by atoms with Gasteiger partial charge in [-0.15, -0.1) is 11.8 Å². The number of ketones is 1. The monoisotopic (exact) mass is 341 g/mol. The number of aromatic nitrogens is 3. The van der Waals surface area contributed by atoms with Gasteiger partial charge in [0.05, 0.1) is 28.6 Å². The third-order valence-electron chi connectivity index (χ3n) is 4.73. The van der Waals surface area contributed by atoms with Crippen LogP contribution in [0.25, 0.3) is 10.9 Å². The zero-order valence-electron chi connectivity index (χ0n) is 13.9. The van der Waals surface area contributed by atoms with Crippen molar-refractivity contribution >= 4 is 28.4 Å². The number of hydrogen-bond donors (Lipinski definition) is 0. The van der Waals surface area contributed by atoms with Gasteiger partial charge in [0.2, 0.25) is 0 Å². The van der Waals surface area contributed by atoms with Crippen molar-refractivity contribution in [3.05, 3.63) is 42.0 Å². The van der Waals surface area contributed by atoms with E-state index in [1.165, 1.54) is 0 Å². The third-order valence-corrected chi connectivity index (χ3v) is 6.05. The van der Waals surface area contributed by atoms with Crippen LogP contribution in [-0.2, 0) is 13.6 Å². The maximum Gasteiger partial charge on any atom is 0.172 e. The van der Waals surface area contributed by atoms with E-state index in [4.69, 9.17) is 4.74 Å². The Morgan fingerprint density at radius 3 is 2.96 bits per heavy atom. The predicted octanol–water partition coefficient (Wildman–Crippen LogP) is 3.30. The van der Waals surface area contributed by atoms with Gasteiger partial charge in [0, 0.05) is 37.7 Å². The van der Waals surface area contributed by atoms with Gasteiger partial charge in [-0.3, -0.25) is 4.79 Å². The molecule has 3 aromatic rings. The average Bonchev–Trinajstić information content (AvgIpc) is 3.12. The van der Waals surface area contributed by atoms with E-state index in [1.807, 2.05) is 38.4 Å². The Morgan fingerprint density at radius 1 is 1.42 bits per heavy atom. The summed E-state index contributed by atoms with van der Waals surface area (Å²) in [5.41, 5.74) is 1.85. The fraction of sp³-hybridized carbons (Fsp3) is 0.333. The van der Waals surface area contributed by atoms with Crippen molar-refractivity contribution in [1.29, 1.82) is 0 Å². The molecule has 0 fully saturated rings. The minimum Gasteiger partial charge on any atom is -0.496 e. The van der Waals surface area contributed by atoms with Gasteiger partial charge in [0.15, 0.2) is 5.78 Å². The van der Waals surface area contributed by atoms with E-state index in [-0.39, 0.29) is 11.7 Å². The number of Topliss-reactive ketones (excluding diaryl/α,β-unsaturated/α-hetero) is 1. The predicted molar refractivity (Wildman–Crippen MR) is 95.0 cm³/mol. The molecule has 124 valence electrons. The van der Waals surface area contributed by atoms with Crippen LogP contribution >= 0.6 is 11.8 Å². The molecule has 24 heavy (non-hydrogen) atoms. The number of fused-ring (bicyclic) bond motifs is 3. The maximum absolute atomic E-state index is 13.2. The lowest BCUT2D eigenvalue weighted by molar-refractivity contribution is 0.0916. The Morgan fingerprint density at radius 2 is 2.25 bits per heavy atom. The first kappa shape index (κ1) is 15.3. The van der Waals surface area contributed by atoms with Crippen LogP contribution in [-0.4, -0.2) is 32.8 Å². The molecule has 1 aliphatic rings. The second-order valence-corrected chi connectivity index (χ2v) is 7.10. The summed E-state index contributed by atoms with van der Waals surface area (Å²) in [7, 11) is 3.67. The summed E-state index contributed by atoms with van der Waals surface area (Å²) in [6.45, 7) is 2.63. The van der Waals surface area contributed by atoms with E-state index in [2.05, 4.69) is 14.1 Å². The molecule has 0 amide bonds. The van der Waals surface area contributed by atoms with Crippen LogP contribution in [0.1, 0.15) is 16.2 Å². The Bertz CT molecular complexity index is 941.